The molecule has 1 aliphatic carbocycles. The molecule has 1 aliphatic heterocycles. The first kappa shape index (κ1) is 15.4. The van der Waals surface area contributed by atoms with Crippen LogP contribution >= 0.6 is 0 Å². The van der Waals surface area contributed by atoms with E-state index in [0.29, 0.717) is 19.6 Å². The second-order valence-corrected chi connectivity index (χ2v) is 6.31. The average Bonchev–Trinajstić information content (AvgIpc) is 3.37. The zero-order chi connectivity index (χ0) is 15.4. The van der Waals surface area contributed by atoms with E-state index < -0.39 is 0 Å². The number of hydrogen-bond acceptors (Lipinski definition) is 4. The molecule has 0 radical (unpaired) electrons. The molecule has 0 aromatic carbocycles. The Labute approximate surface area is 132 Å². The van der Waals surface area contributed by atoms with Crippen LogP contribution in [-0.4, -0.2) is 60.6 Å². The van der Waals surface area contributed by atoms with Gasteiger partial charge in [-0.05, 0) is 36.5 Å². The molecule has 1 unspecified atom stereocenters. The minimum atomic E-state index is 0.184. The fraction of sp³-hybridized carbons (Fsp3) is 0.647. The Balaban J connectivity index is 1.75. The van der Waals surface area contributed by atoms with E-state index in [9.17, 15) is 4.79 Å². The molecule has 1 atom stereocenters. The summed E-state index contributed by atoms with van der Waals surface area (Å²) < 4.78 is 5.13. The van der Waals surface area contributed by atoms with Gasteiger partial charge in [-0.15, -0.1) is 0 Å². The monoisotopic (exact) mass is 303 g/mol. The summed E-state index contributed by atoms with van der Waals surface area (Å²) in [6.45, 7) is 4.15. The highest BCUT2D eigenvalue weighted by Crippen LogP contribution is 2.34. The largest absolute Gasteiger partial charge is 0.383 e. The van der Waals surface area contributed by atoms with E-state index >= 15 is 0 Å². The fourth-order valence-electron chi connectivity index (χ4n) is 3.16. The molecule has 2 heterocycles. The number of aromatic nitrogens is 1. The molecule has 2 aliphatic rings. The maximum absolute atomic E-state index is 12.6. The maximum atomic E-state index is 12.6. The van der Waals surface area contributed by atoms with E-state index in [2.05, 4.69) is 9.88 Å². The van der Waals surface area contributed by atoms with Crippen molar-refractivity contribution in [1.82, 2.24) is 14.8 Å². The van der Waals surface area contributed by atoms with Crippen LogP contribution in [0.15, 0.2) is 24.5 Å². The summed E-state index contributed by atoms with van der Waals surface area (Å²) in [5, 5.41) is 0. The third-order valence-electron chi connectivity index (χ3n) is 4.66. The Morgan fingerprint density at radius 3 is 2.73 bits per heavy atom. The molecule has 1 aromatic rings. The number of carbonyl (C=O) groups is 1. The predicted octanol–water partition coefficient (Wildman–Crippen LogP) is 1.71. The lowest BCUT2D eigenvalue weighted by Gasteiger charge is -2.29. The second kappa shape index (κ2) is 7.20. The molecule has 0 N–H and O–H groups in total. The van der Waals surface area contributed by atoms with Crippen LogP contribution in [0.2, 0.25) is 0 Å². The van der Waals surface area contributed by atoms with Gasteiger partial charge in [0.25, 0.3) is 0 Å². The first-order valence-electron chi connectivity index (χ1n) is 8.18. The van der Waals surface area contributed by atoms with Crippen molar-refractivity contribution in [2.24, 2.45) is 5.92 Å². The zero-order valence-electron chi connectivity index (χ0n) is 13.3. The van der Waals surface area contributed by atoms with Crippen LogP contribution in [0.3, 0.4) is 0 Å². The number of carbonyl (C=O) groups excluding carboxylic acids is 1. The number of amides is 1. The highest BCUT2D eigenvalue weighted by atomic mass is 16.5. The molecule has 1 saturated heterocycles. The molecule has 0 spiro atoms. The van der Waals surface area contributed by atoms with Gasteiger partial charge < -0.3 is 9.64 Å². The molecule has 5 nitrogen and oxygen atoms in total. The normalized spacial score (nSPS) is 23.6. The van der Waals surface area contributed by atoms with E-state index in [-0.39, 0.29) is 11.9 Å². The van der Waals surface area contributed by atoms with Gasteiger partial charge in [-0.25, -0.2) is 0 Å². The third kappa shape index (κ3) is 3.84. The van der Waals surface area contributed by atoms with Gasteiger partial charge in [0.15, 0.2) is 0 Å². The molecule has 120 valence electrons. The van der Waals surface area contributed by atoms with Gasteiger partial charge >= 0.3 is 0 Å². The summed E-state index contributed by atoms with van der Waals surface area (Å²) in [7, 11) is 1.68. The van der Waals surface area contributed by atoms with Crippen molar-refractivity contribution >= 4 is 5.91 Å². The molecule has 5 heteroatoms. The Morgan fingerprint density at radius 1 is 1.27 bits per heavy atom. The number of nitrogens with zero attached hydrogens (tertiary/aromatic N) is 3. The third-order valence-corrected chi connectivity index (χ3v) is 4.66. The lowest BCUT2D eigenvalue weighted by atomic mass is 10.0. The number of ether oxygens (including phenoxy) is 1. The van der Waals surface area contributed by atoms with Crippen LogP contribution < -0.4 is 0 Å². The lowest BCUT2D eigenvalue weighted by molar-refractivity contribution is -0.131. The van der Waals surface area contributed by atoms with Crippen molar-refractivity contribution in [2.45, 2.75) is 25.3 Å². The quantitative estimate of drug-likeness (QED) is 0.803. The van der Waals surface area contributed by atoms with E-state index in [1.807, 2.05) is 29.4 Å². The number of rotatable bonds is 6. The van der Waals surface area contributed by atoms with Crippen molar-refractivity contribution in [3.8, 4) is 0 Å². The van der Waals surface area contributed by atoms with E-state index in [1.54, 1.807) is 7.11 Å². The number of methoxy groups -OCH3 is 1. The SMILES string of the molecule is COCCN1CCN(CC2CC2)C(c2ccncc2)CC1=O. The zero-order valence-corrected chi connectivity index (χ0v) is 13.3. The Hall–Kier alpha value is -1.46. The topological polar surface area (TPSA) is 45.7 Å². The molecule has 22 heavy (non-hydrogen) atoms. The Kier molecular flexibility index (Phi) is 5.05. The van der Waals surface area contributed by atoms with Gasteiger partial charge in [-0.2, -0.15) is 0 Å². The molecule has 2 fully saturated rings. The minimum absolute atomic E-state index is 0.184. The highest BCUT2D eigenvalue weighted by molar-refractivity contribution is 5.77. The summed E-state index contributed by atoms with van der Waals surface area (Å²) in [6, 6.07) is 4.27. The van der Waals surface area contributed by atoms with E-state index in [1.165, 1.54) is 18.4 Å². The minimum Gasteiger partial charge on any atom is -0.383 e. The molecule has 0 bridgehead atoms. The fourth-order valence-corrected chi connectivity index (χ4v) is 3.16. The van der Waals surface area contributed by atoms with Crippen molar-refractivity contribution in [2.75, 3.05) is 39.9 Å². The van der Waals surface area contributed by atoms with Gasteiger partial charge in [0.05, 0.1) is 6.61 Å². The smallest absolute Gasteiger partial charge is 0.224 e. The Morgan fingerprint density at radius 2 is 2.05 bits per heavy atom. The van der Waals surface area contributed by atoms with E-state index in [0.717, 1.165) is 25.6 Å². The van der Waals surface area contributed by atoms with Gasteiger partial charge in [0, 0.05) is 58.1 Å². The first-order valence-corrected chi connectivity index (χ1v) is 8.18. The van der Waals surface area contributed by atoms with Gasteiger partial charge in [-0.1, -0.05) is 0 Å². The molecule has 1 amide bonds. The number of hydrogen-bond donors (Lipinski definition) is 0. The van der Waals surface area contributed by atoms with Crippen molar-refractivity contribution in [3.05, 3.63) is 30.1 Å². The van der Waals surface area contributed by atoms with Crippen molar-refractivity contribution in [1.29, 1.82) is 0 Å². The maximum Gasteiger partial charge on any atom is 0.224 e. The molecular weight excluding hydrogens is 278 g/mol. The van der Waals surface area contributed by atoms with Crippen LogP contribution in [-0.2, 0) is 9.53 Å². The van der Waals surface area contributed by atoms with Crippen molar-refractivity contribution in [3.63, 3.8) is 0 Å². The number of pyridine rings is 1. The van der Waals surface area contributed by atoms with Gasteiger partial charge in [0.2, 0.25) is 5.91 Å². The summed E-state index contributed by atoms with van der Waals surface area (Å²) in [5.74, 6) is 1.06. The summed E-state index contributed by atoms with van der Waals surface area (Å²) in [6.07, 6.45) is 6.87. The first-order chi connectivity index (χ1) is 10.8. The van der Waals surface area contributed by atoms with Crippen molar-refractivity contribution < 1.29 is 9.53 Å². The van der Waals surface area contributed by atoms with Crippen LogP contribution in [0.5, 0.6) is 0 Å². The predicted molar refractivity (Wildman–Crippen MR) is 84.3 cm³/mol. The van der Waals surface area contributed by atoms with Gasteiger partial charge in [-0.3, -0.25) is 14.7 Å². The molecule has 1 saturated carbocycles. The standard InChI is InChI=1S/C17H25N3O2/c1-22-11-10-19-8-9-20(13-14-2-3-14)16(12-17(19)21)15-4-6-18-7-5-15/h4-7,14,16H,2-3,8-13H2,1H3. The van der Waals surface area contributed by atoms with Crippen LogP contribution in [0.4, 0.5) is 0 Å². The summed E-state index contributed by atoms with van der Waals surface area (Å²) in [4.78, 5) is 21.1. The van der Waals surface area contributed by atoms with E-state index in [4.69, 9.17) is 4.74 Å². The Bertz CT molecular complexity index is 490. The average molecular weight is 303 g/mol. The second-order valence-electron chi connectivity index (χ2n) is 6.31. The van der Waals surface area contributed by atoms with Gasteiger partial charge in [0.1, 0.15) is 0 Å². The summed E-state index contributed by atoms with van der Waals surface area (Å²) in [5.41, 5.74) is 1.21. The molecule has 1 aromatic heterocycles. The highest BCUT2D eigenvalue weighted by Gasteiger charge is 2.33. The van der Waals surface area contributed by atoms with Crippen LogP contribution in [0.25, 0.3) is 0 Å². The van der Waals surface area contributed by atoms with Crippen LogP contribution in [0.1, 0.15) is 30.9 Å². The molecular formula is C17H25N3O2. The molecule has 3 rings (SSSR count). The summed E-state index contributed by atoms with van der Waals surface area (Å²) >= 11 is 0. The lowest BCUT2D eigenvalue weighted by Crippen LogP contribution is -2.36. The van der Waals surface area contributed by atoms with Crippen LogP contribution in [0, 0.1) is 5.92 Å².